The molecule has 7 heteroatoms. The van der Waals surface area contributed by atoms with Crippen molar-refractivity contribution < 1.29 is 18.7 Å². The van der Waals surface area contributed by atoms with E-state index in [4.69, 9.17) is 9.72 Å². The van der Waals surface area contributed by atoms with E-state index in [9.17, 15) is 14.0 Å². The summed E-state index contributed by atoms with van der Waals surface area (Å²) in [5, 5.41) is 2.99. The van der Waals surface area contributed by atoms with E-state index in [-0.39, 0.29) is 30.0 Å². The Morgan fingerprint density at radius 2 is 2.00 bits per heavy atom. The maximum atomic E-state index is 13.1. The maximum absolute atomic E-state index is 13.1. The van der Waals surface area contributed by atoms with Crippen LogP contribution in [0.5, 0.6) is 0 Å². The number of hydrogen-bond donors (Lipinski definition) is 1. The van der Waals surface area contributed by atoms with Gasteiger partial charge >= 0.3 is 6.09 Å². The van der Waals surface area contributed by atoms with Crippen LogP contribution >= 0.6 is 0 Å². The first-order valence-electron chi connectivity index (χ1n) is 10.6. The summed E-state index contributed by atoms with van der Waals surface area (Å²) < 4.78 is 18.6. The molecule has 5 rings (SSSR count). The van der Waals surface area contributed by atoms with Crippen molar-refractivity contribution in [2.45, 2.75) is 50.7 Å². The third-order valence-corrected chi connectivity index (χ3v) is 6.09. The number of benzene rings is 1. The van der Waals surface area contributed by atoms with Gasteiger partial charge < -0.3 is 10.1 Å². The van der Waals surface area contributed by atoms with Crippen molar-refractivity contribution in [1.82, 2.24) is 10.3 Å². The SMILES string of the molecule is CCC(NC(=O)c1ccc(F)cc1)c1ccc2c(n1)C1CC1CN2C(=O)OC1CC1. The molecule has 0 bridgehead atoms. The normalized spacial score (nSPS) is 22.5. The van der Waals surface area contributed by atoms with Crippen LogP contribution in [-0.2, 0) is 4.74 Å². The first kappa shape index (κ1) is 19.0. The van der Waals surface area contributed by atoms with Crippen molar-refractivity contribution in [2.24, 2.45) is 5.92 Å². The zero-order valence-electron chi connectivity index (χ0n) is 16.8. The third-order valence-electron chi connectivity index (χ3n) is 6.09. The largest absolute Gasteiger partial charge is 0.446 e. The van der Waals surface area contributed by atoms with Crippen molar-refractivity contribution in [2.75, 3.05) is 11.4 Å². The molecule has 0 spiro atoms. The Morgan fingerprint density at radius 3 is 2.70 bits per heavy atom. The second-order valence-electron chi connectivity index (χ2n) is 8.38. The van der Waals surface area contributed by atoms with Gasteiger partial charge in [0.1, 0.15) is 11.9 Å². The lowest BCUT2D eigenvalue weighted by molar-refractivity contribution is 0.0934. The number of anilines is 1. The van der Waals surface area contributed by atoms with Gasteiger partial charge in [-0.15, -0.1) is 0 Å². The van der Waals surface area contributed by atoms with Crippen molar-refractivity contribution >= 4 is 17.7 Å². The molecule has 0 saturated heterocycles. The van der Waals surface area contributed by atoms with Crippen LogP contribution in [0.25, 0.3) is 0 Å². The Kier molecular flexibility index (Phi) is 4.68. The number of amides is 2. The molecule has 2 aliphatic carbocycles. The van der Waals surface area contributed by atoms with Crippen LogP contribution in [0.15, 0.2) is 36.4 Å². The molecule has 3 atom stereocenters. The topological polar surface area (TPSA) is 71.5 Å². The van der Waals surface area contributed by atoms with E-state index in [2.05, 4.69) is 5.32 Å². The first-order valence-corrected chi connectivity index (χ1v) is 10.6. The molecule has 2 amide bonds. The fraction of sp³-hybridized carbons (Fsp3) is 0.435. The monoisotopic (exact) mass is 409 g/mol. The summed E-state index contributed by atoms with van der Waals surface area (Å²) in [5.41, 5.74) is 2.92. The predicted octanol–water partition coefficient (Wildman–Crippen LogP) is 4.32. The second-order valence-corrected chi connectivity index (χ2v) is 8.38. The van der Waals surface area contributed by atoms with Crippen LogP contribution in [0.2, 0.25) is 0 Å². The number of carbonyl (C=O) groups is 2. The number of rotatable bonds is 5. The van der Waals surface area contributed by atoms with E-state index in [1.54, 1.807) is 4.90 Å². The van der Waals surface area contributed by atoms with Gasteiger partial charge in [0.05, 0.1) is 23.1 Å². The molecule has 2 saturated carbocycles. The van der Waals surface area contributed by atoms with E-state index in [1.165, 1.54) is 24.3 Å². The standard InChI is InChI=1S/C23H24FN3O3/c1-2-18(26-22(28)13-3-5-15(24)6-4-13)19-9-10-20-21(25-19)17-11-14(17)12-27(20)23(29)30-16-7-8-16/h3-6,9-10,14,16-18H,2,7-8,11-12H2,1H3,(H,26,28). The molecule has 2 aromatic rings. The lowest BCUT2D eigenvalue weighted by Crippen LogP contribution is -2.37. The number of carbonyl (C=O) groups excluding carboxylic acids is 2. The van der Waals surface area contributed by atoms with Crippen LogP contribution in [-0.4, -0.2) is 29.6 Å². The van der Waals surface area contributed by atoms with Gasteiger partial charge in [0.2, 0.25) is 0 Å². The van der Waals surface area contributed by atoms with E-state index >= 15 is 0 Å². The molecule has 6 nitrogen and oxygen atoms in total. The molecule has 0 radical (unpaired) electrons. The lowest BCUT2D eigenvalue weighted by Gasteiger charge is -2.29. The highest BCUT2D eigenvalue weighted by Crippen LogP contribution is 2.54. The van der Waals surface area contributed by atoms with Gasteiger partial charge in [-0.1, -0.05) is 6.92 Å². The Morgan fingerprint density at radius 1 is 1.23 bits per heavy atom. The molecule has 2 fully saturated rings. The van der Waals surface area contributed by atoms with Gasteiger partial charge in [-0.25, -0.2) is 9.18 Å². The van der Waals surface area contributed by atoms with Crippen LogP contribution in [0.3, 0.4) is 0 Å². The summed E-state index contributed by atoms with van der Waals surface area (Å²) in [7, 11) is 0. The van der Waals surface area contributed by atoms with Crippen LogP contribution in [0.1, 0.15) is 66.3 Å². The zero-order chi connectivity index (χ0) is 20.8. The lowest BCUT2D eigenvalue weighted by atomic mass is 10.0. The summed E-state index contributed by atoms with van der Waals surface area (Å²) in [6, 6.07) is 9.01. The van der Waals surface area contributed by atoms with Gasteiger partial charge in [-0.05, 0) is 68.0 Å². The Labute approximate surface area is 174 Å². The van der Waals surface area contributed by atoms with Crippen molar-refractivity contribution in [3.63, 3.8) is 0 Å². The molecule has 1 aromatic carbocycles. The highest BCUT2D eigenvalue weighted by Gasteiger charge is 2.48. The number of pyridine rings is 1. The maximum Gasteiger partial charge on any atom is 0.414 e. The predicted molar refractivity (Wildman–Crippen MR) is 109 cm³/mol. The van der Waals surface area contributed by atoms with Gasteiger partial charge in [0, 0.05) is 18.0 Å². The van der Waals surface area contributed by atoms with Crippen LogP contribution in [0, 0.1) is 11.7 Å². The van der Waals surface area contributed by atoms with E-state index in [0.717, 1.165) is 36.3 Å². The first-order chi connectivity index (χ1) is 14.5. The van der Waals surface area contributed by atoms with Crippen LogP contribution < -0.4 is 10.2 Å². The average molecular weight is 409 g/mol. The minimum Gasteiger partial charge on any atom is -0.446 e. The molecular formula is C23H24FN3O3. The molecule has 1 aromatic heterocycles. The minimum absolute atomic E-state index is 0.0660. The van der Waals surface area contributed by atoms with Crippen LogP contribution in [0.4, 0.5) is 14.9 Å². The fourth-order valence-corrected chi connectivity index (χ4v) is 4.09. The summed E-state index contributed by atoms with van der Waals surface area (Å²) in [5.74, 6) is 0.162. The van der Waals surface area contributed by atoms with Gasteiger partial charge in [0.15, 0.2) is 0 Å². The van der Waals surface area contributed by atoms with Gasteiger partial charge in [0.25, 0.3) is 5.91 Å². The molecule has 1 aliphatic heterocycles. The Bertz CT molecular complexity index is 990. The van der Waals surface area contributed by atoms with Crippen molar-refractivity contribution in [3.8, 4) is 0 Å². The number of ether oxygens (including phenoxy) is 1. The molecule has 156 valence electrons. The summed E-state index contributed by atoms with van der Waals surface area (Å²) in [6.45, 7) is 2.67. The Balaban J connectivity index is 1.37. The highest BCUT2D eigenvalue weighted by molar-refractivity contribution is 5.94. The molecule has 1 N–H and O–H groups in total. The molecule has 3 aliphatic rings. The van der Waals surface area contributed by atoms with E-state index < -0.39 is 0 Å². The number of fused-ring (bicyclic) bond motifs is 3. The summed E-state index contributed by atoms with van der Waals surface area (Å²) in [4.78, 5) is 31.7. The number of hydrogen-bond acceptors (Lipinski definition) is 4. The van der Waals surface area contributed by atoms with Crippen molar-refractivity contribution in [3.05, 3.63) is 59.2 Å². The summed E-state index contributed by atoms with van der Waals surface area (Å²) in [6.07, 6.45) is 3.37. The van der Waals surface area contributed by atoms with Gasteiger partial charge in [-0.2, -0.15) is 0 Å². The molecular weight excluding hydrogens is 385 g/mol. The second kappa shape index (κ2) is 7.38. The molecule has 3 unspecified atom stereocenters. The number of nitrogens with zero attached hydrogens (tertiary/aromatic N) is 2. The Hall–Kier alpha value is -2.96. The van der Waals surface area contributed by atoms with Gasteiger partial charge in [-0.3, -0.25) is 14.7 Å². The summed E-state index contributed by atoms with van der Waals surface area (Å²) >= 11 is 0. The highest BCUT2D eigenvalue weighted by atomic mass is 19.1. The smallest absolute Gasteiger partial charge is 0.414 e. The van der Waals surface area contributed by atoms with E-state index in [1.807, 2.05) is 19.1 Å². The molecule has 2 heterocycles. The minimum atomic E-state index is -0.376. The number of aromatic nitrogens is 1. The number of nitrogens with one attached hydrogen (secondary N) is 1. The number of halogens is 1. The fourth-order valence-electron chi connectivity index (χ4n) is 4.09. The quantitative estimate of drug-likeness (QED) is 0.798. The van der Waals surface area contributed by atoms with Crippen molar-refractivity contribution in [1.29, 1.82) is 0 Å². The zero-order valence-corrected chi connectivity index (χ0v) is 16.8. The average Bonchev–Trinajstić information content (AvgIpc) is 3.66. The third kappa shape index (κ3) is 3.64. The van der Waals surface area contributed by atoms with E-state index in [0.29, 0.717) is 30.4 Å². The molecule has 30 heavy (non-hydrogen) atoms.